The van der Waals surface area contributed by atoms with E-state index in [0.29, 0.717) is 11.1 Å². The quantitative estimate of drug-likeness (QED) is 0.0742. The first-order valence-corrected chi connectivity index (χ1v) is 23.1. The summed E-state index contributed by atoms with van der Waals surface area (Å²) in [4.78, 5) is 93.7. The number of carbonyl (C=O) groups is 7. The molecule has 0 radical (unpaired) electrons. The summed E-state index contributed by atoms with van der Waals surface area (Å²) in [6.45, 7) is 7.97. The number of hydrogen-bond donors (Lipinski definition) is 5. The van der Waals surface area contributed by atoms with E-state index in [1.165, 1.54) is 26.0 Å². The SMILES string of the molecule is CC(=O)O[C@H]1C(=O)[C@@]2(C)[C@H]([C@H](OC(=O)c3ccccc3)[C@]3(O)C[C@H](OC(=O)[C@H](O)[C@@H](NC(=O)c4ccccc4)c4ccccc4)C(C)=C1C3(C)C)[C@]1(OC(C)=O)CO[C@@H]1C[C@@H]2O.O=C(O)c1ccccc1. The Labute approximate surface area is 409 Å². The second-order valence-electron chi connectivity index (χ2n) is 19.0. The zero-order valence-corrected chi connectivity index (χ0v) is 40.0. The number of nitrogens with one attached hydrogen (secondary N) is 1. The van der Waals surface area contributed by atoms with Crippen LogP contribution < -0.4 is 5.32 Å². The van der Waals surface area contributed by atoms with Gasteiger partial charge < -0.3 is 49.4 Å². The van der Waals surface area contributed by atoms with Gasteiger partial charge in [0.2, 0.25) is 0 Å². The average Bonchev–Trinajstić information content (AvgIpc) is 3.34. The second kappa shape index (κ2) is 20.4. The van der Waals surface area contributed by atoms with E-state index in [9.17, 15) is 44.1 Å². The molecule has 1 heterocycles. The highest BCUT2D eigenvalue weighted by molar-refractivity contribution is 5.96. The first-order valence-electron chi connectivity index (χ1n) is 23.1. The van der Waals surface area contributed by atoms with Crippen LogP contribution in [-0.4, -0.2) is 116 Å². The maximum atomic E-state index is 15.5. The van der Waals surface area contributed by atoms with Gasteiger partial charge in [0.05, 0.1) is 41.2 Å². The van der Waals surface area contributed by atoms with E-state index >= 15 is 4.79 Å². The molecule has 2 saturated carbocycles. The minimum absolute atomic E-state index is 0.00289. The van der Waals surface area contributed by atoms with Crippen molar-refractivity contribution in [2.45, 2.75) is 108 Å². The Hall–Kier alpha value is -7.05. The molecule has 3 fully saturated rings. The fraction of sp³-hybridized carbons (Fsp3) is 0.389. The fourth-order valence-corrected chi connectivity index (χ4v) is 10.8. The number of carboxylic acids is 1. The number of rotatable bonds is 11. The number of aliphatic hydroxyl groups is 3. The van der Waals surface area contributed by atoms with Gasteiger partial charge in [-0.25, -0.2) is 14.4 Å². The third-order valence-electron chi connectivity index (χ3n) is 14.5. The molecule has 5 N–H and O–H groups in total. The van der Waals surface area contributed by atoms with Gasteiger partial charge in [0.15, 0.2) is 23.6 Å². The van der Waals surface area contributed by atoms with Gasteiger partial charge in [0, 0.05) is 37.7 Å². The fourth-order valence-electron chi connectivity index (χ4n) is 10.8. The lowest BCUT2D eigenvalue weighted by molar-refractivity contribution is -0.346. The van der Waals surface area contributed by atoms with Crippen LogP contribution in [0.5, 0.6) is 0 Å². The maximum Gasteiger partial charge on any atom is 0.338 e. The zero-order chi connectivity index (χ0) is 51.6. The molecule has 4 aromatic rings. The smallest absolute Gasteiger partial charge is 0.338 e. The Morgan fingerprint density at radius 1 is 0.746 bits per heavy atom. The predicted molar refractivity (Wildman–Crippen MR) is 251 cm³/mol. The number of ether oxygens (including phenoxy) is 5. The maximum absolute atomic E-state index is 15.5. The molecule has 4 aromatic carbocycles. The van der Waals surface area contributed by atoms with Gasteiger partial charge in [-0.3, -0.25) is 19.2 Å². The molecule has 0 spiro atoms. The number of carboxylic acid groups (broad SMARTS) is 1. The molecule has 2 bridgehead atoms. The summed E-state index contributed by atoms with van der Waals surface area (Å²) < 4.78 is 30.3. The highest BCUT2D eigenvalue weighted by Crippen LogP contribution is 2.64. The molecular weight excluding hydrogens is 919 g/mol. The molecule has 1 aliphatic heterocycles. The topological polar surface area (TPSA) is 259 Å². The van der Waals surface area contributed by atoms with Crippen LogP contribution in [0.25, 0.3) is 0 Å². The number of esters is 4. The summed E-state index contributed by atoms with van der Waals surface area (Å²) in [5.41, 5.74) is -6.69. The highest BCUT2D eigenvalue weighted by atomic mass is 16.6. The highest BCUT2D eigenvalue weighted by Gasteiger charge is 2.78. The Bertz CT molecular complexity index is 2690. The number of benzene rings is 4. The first kappa shape index (κ1) is 51.8. The summed E-state index contributed by atoms with van der Waals surface area (Å²) in [6, 6.07) is 31.2. The van der Waals surface area contributed by atoms with E-state index in [1.54, 1.807) is 123 Å². The van der Waals surface area contributed by atoms with Crippen molar-refractivity contribution in [1.82, 2.24) is 5.32 Å². The van der Waals surface area contributed by atoms with Gasteiger partial charge in [0.1, 0.15) is 23.9 Å². The Morgan fingerprint density at radius 3 is 1.77 bits per heavy atom. The van der Waals surface area contributed by atoms with Crippen LogP contribution in [0.3, 0.4) is 0 Å². The van der Waals surface area contributed by atoms with Crippen molar-refractivity contribution in [3.8, 4) is 0 Å². The third kappa shape index (κ3) is 9.62. The van der Waals surface area contributed by atoms with E-state index in [0.717, 1.165) is 13.8 Å². The molecule has 17 nitrogen and oxygen atoms in total. The van der Waals surface area contributed by atoms with Crippen molar-refractivity contribution in [2.24, 2.45) is 16.7 Å². The molecule has 3 aliphatic carbocycles. The minimum atomic E-state index is -2.39. The van der Waals surface area contributed by atoms with Gasteiger partial charge in [-0.1, -0.05) is 98.8 Å². The Balaban J connectivity index is 0.000000741. The standard InChI is InChI=1S/C47H51NO14.C7H6O2/c1-25-31(60-43(56)36(52)35(28-16-10-7-11-17-28)48-41(54)29-18-12-8-13-19-29)23-47(57)40(61-42(55)30-20-14-9-15-21-30)38-45(6,32(51)22-33-46(38,24-58-33)62-27(3)50)39(53)37(59-26(2)49)34(25)44(47,4)5;8-7(9)6-4-2-1-3-5-6/h7-21,31-33,35-38,40,51-52,57H,22-24H2,1-6H3,(H,48,54);1-5H,(H,8,9)/t31-,32-,33+,35-,36+,37+,38-,40-,45+,46-,47+;/m0./s1. The molecule has 17 heteroatoms. The van der Waals surface area contributed by atoms with Crippen LogP contribution in [-0.2, 0) is 42.9 Å². The summed E-state index contributed by atoms with van der Waals surface area (Å²) in [7, 11) is 0. The number of hydrogen-bond acceptors (Lipinski definition) is 15. The van der Waals surface area contributed by atoms with Crippen molar-refractivity contribution in [2.75, 3.05) is 6.61 Å². The monoisotopic (exact) mass is 975 g/mol. The van der Waals surface area contributed by atoms with E-state index < -0.39 is 119 Å². The molecule has 4 aliphatic rings. The third-order valence-corrected chi connectivity index (χ3v) is 14.5. The summed E-state index contributed by atoms with van der Waals surface area (Å²) in [6.07, 6.45) is -10.5. The molecule has 11 atom stereocenters. The Kier molecular flexibility index (Phi) is 14.8. The van der Waals surface area contributed by atoms with Crippen molar-refractivity contribution < 1.29 is 77.7 Å². The number of aliphatic hydroxyl groups excluding tert-OH is 2. The lowest BCUT2D eigenvalue weighted by atomic mass is 9.44. The number of carbonyl (C=O) groups excluding carboxylic acids is 6. The first-order chi connectivity index (χ1) is 33.6. The van der Waals surface area contributed by atoms with Crippen LogP contribution in [0.15, 0.2) is 132 Å². The van der Waals surface area contributed by atoms with Crippen LogP contribution >= 0.6 is 0 Å². The van der Waals surface area contributed by atoms with Crippen LogP contribution in [0.2, 0.25) is 0 Å². The predicted octanol–water partition coefficient (Wildman–Crippen LogP) is 5.12. The normalized spacial score (nSPS) is 28.9. The lowest BCUT2D eigenvalue weighted by Crippen LogP contribution is -2.82. The largest absolute Gasteiger partial charge is 0.478 e. The van der Waals surface area contributed by atoms with E-state index in [2.05, 4.69) is 5.32 Å². The van der Waals surface area contributed by atoms with Gasteiger partial charge >= 0.3 is 29.8 Å². The van der Waals surface area contributed by atoms with Crippen LogP contribution in [0, 0.1) is 16.7 Å². The lowest BCUT2D eigenvalue weighted by Gasteiger charge is -2.67. The van der Waals surface area contributed by atoms with Gasteiger partial charge in [-0.15, -0.1) is 0 Å². The summed E-state index contributed by atoms with van der Waals surface area (Å²) >= 11 is 0. The summed E-state index contributed by atoms with van der Waals surface area (Å²) in [5.74, 6) is -7.72. The van der Waals surface area contributed by atoms with Gasteiger partial charge in [-0.2, -0.15) is 0 Å². The number of amides is 1. The zero-order valence-electron chi connectivity index (χ0n) is 40.0. The number of ketones is 1. The minimum Gasteiger partial charge on any atom is -0.478 e. The van der Waals surface area contributed by atoms with E-state index in [-0.39, 0.29) is 35.3 Å². The van der Waals surface area contributed by atoms with Crippen LogP contribution in [0.1, 0.15) is 97.1 Å². The molecule has 374 valence electrons. The molecule has 0 unspecified atom stereocenters. The second-order valence-corrected chi connectivity index (χ2v) is 19.0. The van der Waals surface area contributed by atoms with Crippen molar-refractivity contribution in [3.63, 3.8) is 0 Å². The molecular formula is C54H57NO16. The van der Waals surface area contributed by atoms with E-state index in [1.807, 2.05) is 0 Å². The Morgan fingerprint density at radius 2 is 1.28 bits per heavy atom. The van der Waals surface area contributed by atoms with Gasteiger partial charge in [-0.05, 0) is 67.0 Å². The molecule has 71 heavy (non-hydrogen) atoms. The number of aromatic carboxylic acids is 1. The molecule has 1 amide bonds. The average molecular weight is 976 g/mol. The van der Waals surface area contributed by atoms with E-state index in [4.69, 9.17) is 28.8 Å². The summed E-state index contributed by atoms with van der Waals surface area (Å²) in [5, 5.41) is 48.6. The van der Waals surface area contributed by atoms with Crippen molar-refractivity contribution >= 4 is 41.5 Å². The van der Waals surface area contributed by atoms with Crippen LogP contribution in [0.4, 0.5) is 0 Å². The van der Waals surface area contributed by atoms with Crippen molar-refractivity contribution in [3.05, 3.63) is 155 Å². The van der Waals surface area contributed by atoms with Gasteiger partial charge in [0.25, 0.3) is 5.91 Å². The molecule has 8 rings (SSSR count). The van der Waals surface area contributed by atoms with Crippen molar-refractivity contribution in [1.29, 1.82) is 0 Å². The number of fused-ring (bicyclic) bond motifs is 5. The number of Topliss-reactive ketones (excluding diaryl/α,β-unsaturated/α-hetero) is 1. The molecule has 0 aromatic heterocycles. The molecule has 1 saturated heterocycles.